The molecule has 0 spiro atoms. The number of nitrogens with one attached hydrogen (secondary N) is 1. The summed E-state index contributed by atoms with van der Waals surface area (Å²) in [6.45, 7) is 4.85. The molecule has 170 valence electrons. The third-order valence-electron chi connectivity index (χ3n) is 5.94. The number of hydrogen-bond donors (Lipinski definition) is 2. The second-order valence-electron chi connectivity index (χ2n) is 8.39. The zero-order valence-electron chi connectivity index (χ0n) is 19.4. The maximum atomic E-state index is 9.61. The lowest BCUT2D eigenvalue weighted by atomic mass is 10.1. The van der Waals surface area contributed by atoms with E-state index in [0.717, 1.165) is 40.3 Å². The minimum atomic E-state index is -0.0280. The Bertz CT molecular complexity index is 1440. The zero-order valence-corrected chi connectivity index (χ0v) is 19.4. The van der Waals surface area contributed by atoms with Crippen LogP contribution in [0.15, 0.2) is 79.1 Å². The van der Waals surface area contributed by atoms with Gasteiger partial charge in [-0.1, -0.05) is 61.0 Å². The average molecular weight is 450 g/mol. The molecule has 5 aromatic rings. The number of nitrogens with zero attached hydrogens (tertiary/aromatic N) is 4. The Balaban J connectivity index is 1.57. The van der Waals surface area contributed by atoms with Crippen LogP contribution in [0.5, 0.6) is 0 Å². The lowest BCUT2D eigenvalue weighted by Gasteiger charge is -2.09. The number of fused-ring (bicyclic) bond motifs is 1. The van der Waals surface area contributed by atoms with Gasteiger partial charge in [0.05, 0.1) is 23.7 Å². The first-order valence-electron chi connectivity index (χ1n) is 11.5. The third-order valence-corrected chi connectivity index (χ3v) is 5.94. The van der Waals surface area contributed by atoms with Gasteiger partial charge in [0.15, 0.2) is 0 Å². The third kappa shape index (κ3) is 4.40. The van der Waals surface area contributed by atoms with Crippen molar-refractivity contribution in [2.45, 2.75) is 33.4 Å². The molecule has 0 bridgehead atoms. The molecule has 6 heteroatoms. The van der Waals surface area contributed by atoms with Gasteiger partial charge in [-0.25, -0.2) is 15.0 Å². The Morgan fingerprint density at radius 3 is 2.53 bits per heavy atom. The van der Waals surface area contributed by atoms with Crippen LogP contribution in [0.2, 0.25) is 0 Å². The SMILES string of the molecule is CCc1ccc(-c2nc3cc(CO)ccn3c2-c2ccnc(NCc3cccc(C)c3)n2)cc1. The lowest BCUT2D eigenvalue weighted by molar-refractivity contribution is 0.282. The second-order valence-corrected chi connectivity index (χ2v) is 8.39. The summed E-state index contributed by atoms with van der Waals surface area (Å²) in [5.74, 6) is 0.563. The smallest absolute Gasteiger partial charge is 0.223 e. The standard InChI is InChI=1S/C28H27N5O/c1-3-20-7-9-23(10-8-20)26-27(33-14-12-22(18-34)16-25(33)32-26)24-11-13-29-28(31-24)30-17-21-6-4-5-19(2)15-21/h4-16,34H,3,17-18H2,1-2H3,(H,29,30,31). The number of anilines is 1. The molecule has 3 heterocycles. The number of benzene rings is 2. The van der Waals surface area contributed by atoms with E-state index >= 15 is 0 Å². The van der Waals surface area contributed by atoms with Crippen LogP contribution < -0.4 is 5.32 Å². The number of aryl methyl sites for hydroxylation is 2. The monoisotopic (exact) mass is 449 g/mol. The van der Waals surface area contributed by atoms with Crippen molar-refractivity contribution in [3.05, 3.63) is 101 Å². The molecule has 0 atom stereocenters. The van der Waals surface area contributed by atoms with Gasteiger partial charge in [-0.05, 0) is 48.2 Å². The van der Waals surface area contributed by atoms with Gasteiger partial charge in [-0.15, -0.1) is 0 Å². The molecule has 0 saturated carbocycles. The van der Waals surface area contributed by atoms with Crippen molar-refractivity contribution in [1.29, 1.82) is 0 Å². The van der Waals surface area contributed by atoms with E-state index in [1.807, 2.05) is 28.8 Å². The predicted octanol–water partition coefficient (Wildman–Crippen LogP) is 5.43. The van der Waals surface area contributed by atoms with E-state index in [9.17, 15) is 5.11 Å². The largest absolute Gasteiger partial charge is 0.392 e. The van der Waals surface area contributed by atoms with E-state index in [0.29, 0.717) is 12.5 Å². The molecule has 34 heavy (non-hydrogen) atoms. The number of aliphatic hydroxyl groups excluding tert-OH is 1. The van der Waals surface area contributed by atoms with Gasteiger partial charge < -0.3 is 10.4 Å². The van der Waals surface area contributed by atoms with Crippen molar-refractivity contribution in [3.63, 3.8) is 0 Å². The van der Waals surface area contributed by atoms with Crippen LogP contribution in [0.4, 0.5) is 5.95 Å². The Kier molecular flexibility index (Phi) is 6.06. The first-order chi connectivity index (χ1) is 16.6. The number of hydrogen-bond acceptors (Lipinski definition) is 5. The summed E-state index contributed by atoms with van der Waals surface area (Å²) in [7, 11) is 0. The normalized spacial score (nSPS) is 11.1. The molecule has 0 aliphatic heterocycles. The van der Waals surface area contributed by atoms with E-state index in [1.165, 1.54) is 16.7 Å². The highest BCUT2D eigenvalue weighted by Gasteiger charge is 2.18. The zero-order chi connectivity index (χ0) is 23.5. The van der Waals surface area contributed by atoms with Crippen LogP contribution in [0.1, 0.15) is 29.2 Å². The number of aliphatic hydroxyl groups is 1. The first-order valence-corrected chi connectivity index (χ1v) is 11.5. The first kappa shape index (κ1) is 21.8. The van der Waals surface area contributed by atoms with E-state index < -0.39 is 0 Å². The van der Waals surface area contributed by atoms with Crippen LogP contribution in [0.25, 0.3) is 28.3 Å². The van der Waals surface area contributed by atoms with Crippen molar-refractivity contribution in [2.24, 2.45) is 0 Å². The second kappa shape index (κ2) is 9.45. The van der Waals surface area contributed by atoms with Crippen molar-refractivity contribution in [1.82, 2.24) is 19.4 Å². The molecule has 0 saturated heterocycles. The fourth-order valence-electron chi connectivity index (χ4n) is 4.11. The molecule has 6 nitrogen and oxygen atoms in total. The molecular weight excluding hydrogens is 422 g/mol. The van der Waals surface area contributed by atoms with Crippen LogP contribution in [-0.2, 0) is 19.6 Å². The van der Waals surface area contributed by atoms with Crippen molar-refractivity contribution in [3.8, 4) is 22.6 Å². The summed E-state index contributed by atoms with van der Waals surface area (Å²) in [5, 5.41) is 13.0. The Hall–Kier alpha value is -4.03. The molecule has 2 aromatic carbocycles. The molecule has 0 fully saturated rings. The molecule has 2 N–H and O–H groups in total. The molecule has 5 rings (SSSR count). The number of aromatic nitrogens is 4. The maximum absolute atomic E-state index is 9.61. The predicted molar refractivity (Wildman–Crippen MR) is 135 cm³/mol. The van der Waals surface area contributed by atoms with Crippen LogP contribution >= 0.6 is 0 Å². The average Bonchev–Trinajstić information content (AvgIpc) is 3.26. The van der Waals surface area contributed by atoms with Crippen LogP contribution in [0, 0.1) is 6.92 Å². The van der Waals surface area contributed by atoms with Crippen molar-refractivity contribution in [2.75, 3.05) is 5.32 Å². The quantitative estimate of drug-likeness (QED) is 0.346. The van der Waals surface area contributed by atoms with E-state index in [-0.39, 0.29) is 6.61 Å². The minimum Gasteiger partial charge on any atom is -0.392 e. The molecule has 3 aromatic heterocycles. The summed E-state index contributed by atoms with van der Waals surface area (Å²) in [5.41, 5.74) is 8.81. The molecule has 0 aliphatic carbocycles. The Morgan fingerprint density at radius 1 is 0.912 bits per heavy atom. The van der Waals surface area contributed by atoms with Gasteiger partial charge in [0.1, 0.15) is 5.65 Å². The summed E-state index contributed by atoms with van der Waals surface area (Å²) in [6, 6.07) is 22.6. The van der Waals surface area contributed by atoms with E-state index in [4.69, 9.17) is 9.97 Å². The highest BCUT2D eigenvalue weighted by atomic mass is 16.3. The summed E-state index contributed by atoms with van der Waals surface area (Å²) < 4.78 is 2.02. The number of imidazole rings is 1. The van der Waals surface area contributed by atoms with Crippen LogP contribution in [-0.4, -0.2) is 24.5 Å². The van der Waals surface area contributed by atoms with Gasteiger partial charge in [0.2, 0.25) is 5.95 Å². The highest BCUT2D eigenvalue weighted by Crippen LogP contribution is 2.32. The van der Waals surface area contributed by atoms with Crippen LogP contribution in [0.3, 0.4) is 0 Å². The fraction of sp³-hybridized carbons (Fsp3) is 0.179. The van der Waals surface area contributed by atoms with Gasteiger partial charge in [-0.2, -0.15) is 0 Å². The van der Waals surface area contributed by atoms with E-state index in [1.54, 1.807) is 6.20 Å². The molecule has 0 radical (unpaired) electrons. The van der Waals surface area contributed by atoms with Crippen molar-refractivity contribution >= 4 is 11.6 Å². The van der Waals surface area contributed by atoms with E-state index in [2.05, 4.69) is 72.7 Å². The molecule has 0 aliphatic rings. The summed E-state index contributed by atoms with van der Waals surface area (Å²) >= 11 is 0. The summed E-state index contributed by atoms with van der Waals surface area (Å²) in [6.07, 6.45) is 4.70. The van der Waals surface area contributed by atoms with Gasteiger partial charge >= 0.3 is 0 Å². The minimum absolute atomic E-state index is 0.0280. The molecule has 0 unspecified atom stereocenters. The Labute approximate surface area is 199 Å². The topological polar surface area (TPSA) is 75.3 Å². The highest BCUT2D eigenvalue weighted by molar-refractivity contribution is 5.81. The van der Waals surface area contributed by atoms with Gasteiger partial charge in [0, 0.05) is 24.5 Å². The molecule has 0 amide bonds. The van der Waals surface area contributed by atoms with Gasteiger partial charge in [0.25, 0.3) is 0 Å². The van der Waals surface area contributed by atoms with Gasteiger partial charge in [-0.3, -0.25) is 4.40 Å². The number of pyridine rings is 1. The van der Waals surface area contributed by atoms with Crippen molar-refractivity contribution < 1.29 is 5.11 Å². The fourth-order valence-corrected chi connectivity index (χ4v) is 4.11. The maximum Gasteiger partial charge on any atom is 0.223 e. The summed E-state index contributed by atoms with van der Waals surface area (Å²) in [4.78, 5) is 14.2. The lowest BCUT2D eigenvalue weighted by Crippen LogP contribution is -2.04. The molecular formula is C28H27N5O. The Morgan fingerprint density at radius 2 is 1.76 bits per heavy atom. The number of rotatable bonds is 7.